The number of aromatic nitrogens is 3. The van der Waals surface area contributed by atoms with Crippen LogP contribution in [0.3, 0.4) is 0 Å². The molecular weight excluding hydrogens is 625 g/mol. The van der Waals surface area contributed by atoms with Crippen LogP contribution in [0.25, 0.3) is 55.1 Å². The number of hydrogen-bond acceptors (Lipinski definition) is 4. The number of anilines is 4. The summed E-state index contributed by atoms with van der Waals surface area (Å²) in [7, 11) is 2.10. The van der Waals surface area contributed by atoms with Crippen LogP contribution < -0.4 is 9.80 Å². The van der Waals surface area contributed by atoms with Crippen molar-refractivity contribution in [3.8, 4) is 11.5 Å². The van der Waals surface area contributed by atoms with Gasteiger partial charge in [-0.3, -0.25) is 4.57 Å². The van der Waals surface area contributed by atoms with Gasteiger partial charge in [0, 0.05) is 75.6 Å². The van der Waals surface area contributed by atoms with Gasteiger partial charge in [-0.25, -0.2) is 4.98 Å². The van der Waals surface area contributed by atoms with Gasteiger partial charge in [-0.2, -0.15) is 0 Å². The first kappa shape index (κ1) is 29.2. The summed E-state index contributed by atoms with van der Waals surface area (Å²) in [6.45, 7) is 0.820. The van der Waals surface area contributed by atoms with E-state index >= 15 is 0 Å². The molecule has 0 N–H and O–H groups in total. The van der Waals surface area contributed by atoms with Gasteiger partial charge in [-0.05, 0) is 84.9 Å². The van der Waals surface area contributed by atoms with Crippen LogP contribution in [0, 0.1) is 0 Å². The van der Waals surface area contributed by atoms with E-state index in [0.717, 1.165) is 52.0 Å². The zero-order valence-corrected chi connectivity index (χ0v) is 28.1. The van der Waals surface area contributed by atoms with Crippen molar-refractivity contribution in [2.45, 2.75) is 0 Å². The van der Waals surface area contributed by atoms with Crippen molar-refractivity contribution < 1.29 is 0 Å². The maximum atomic E-state index is 4.90. The number of para-hydroxylation sites is 3. The summed E-state index contributed by atoms with van der Waals surface area (Å²) in [6.07, 6.45) is 6.13. The Labute approximate surface area is 295 Å². The Balaban J connectivity index is 1.26. The first-order chi connectivity index (χ1) is 25.2. The fraction of sp³-hybridized carbons (Fsp3) is 0.0444. The Bertz CT molecular complexity index is 2750. The molecule has 6 nitrogen and oxygen atoms in total. The van der Waals surface area contributed by atoms with Gasteiger partial charge < -0.3 is 19.3 Å². The van der Waals surface area contributed by atoms with Crippen LogP contribution in [0.4, 0.5) is 22.7 Å². The maximum Gasteiger partial charge on any atom is 0.137 e. The second-order valence-electron chi connectivity index (χ2n) is 13.1. The lowest BCUT2D eigenvalue weighted by molar-refractivity contribution is 0.496. The largest absolute Gasteiger partial charge is 0.361 e. The van der Waals surface area contributed by atoms with Crippen LogP contribution in [-0.4, -0.2) is 32.7 Å². The van der Waals surface area contributed by atoms with Gasteiger partial charge in [0.2, 0.25) is 0 Å². The van der Waals surface area contributed by atoms with Crippen molar-refractivity contribution in [2.24, 2.45) is 0 Å². The molecule has 0 aliphatic carbocycles. The van der Waals surface area contributed by atoms with Gasteiger partial charge in [-0.15, -0.1) is 0 Å². The topological polar surface area (TPSA) is 32.5 Å². The van der Waals surface area contributed by atoms with Crippen molar-refractivity contribution >= 4 is 66.4 Å². The third-order valence-electron chi connectivity index (χ3n) is 10.0. The van der Waals surface area contributed by atoms with E-state index in [2.05, 4.69) is 195 Å². The lowest BCUT2D eigenvalue weighted by Gasteiger charge is -2.27. The fourth-order valence-corrected chi connectivity index (χ4v) is 7.81. The van der Waals surface area contributed by atoms with Gasteiger partial charge in [-0.1, -0.05) is 72.8 Å². The van der Waals surface area contributed by atoms with Crippen molar-refractivity contribution in [2.75, 3.05) is 23.5 Å². The Morgan fingerprint density at radius 3 is 1.92 bits per heavy atom. The van der Waals surface area contributed by atoms with E-state index in [1.54, 1.807) is 0 Å². The third-order valence-corrected chi connectivity index (χ3v) is 10.0. The van der Waals surface area contributed by atoms with Gasteiger partial charge in [0.25, 0.3) is 0 Å². The predicted octanol–water partition coefficient (Wildman–Crippen LogP) is 10.9. The first-order valence-electron chi connectivity index (χ1n) is 17.3. The van der Waals surface area contributed by atoms with Gasteiger partial charge in [0.15, 0.2) is 0 Å². The molecule has 0 radical (unpaired) electrons. The highest BCUT2D eigenvalue weighted by atomic mass is 15.3. The van der Waals surface area contributed by atoms with Gasteiger partial charge in [0.05, 0.1) is 28.7 Å². The van der Waals surface area contributed by atoms with Crippen LogP contribution >= 0.6 is 0 Å². The molecule has 0 saturated heterocycles. The second kappa shape index (κ2) is 11.7. The van der Waals surface area contributed by atoms with E-state index in [1.807, 2.05) is 12.3 Å². The summed E-state index contributed by atoms with van der Waals surface area (Å²) in [5.41, 5.74) is 10.2. The van der Waals surface area contributed by atoms with E-state index in [-0.39, 0.29) is 0 Å². The molecule has 6 aromatic carbocycles. The zero-order valence-electron chi connectivity index (χ0n) is 28.1. The van der Waals surface area contributed by atoms with Gasteiger partial charge >= 0.3 is 0 Å². The second-order valence-corrected chi connectivity index (χ2v) is 13.1. The van der Waals surface area contributed by atoms with E-state index < -0.39 is 0 Å². The molecule has 1 aliphatic heterocycles. The van der Waals surface area contributed by atoms with Crippen LogP contribution in [0.5, 0.6) is 0 Å². The van der Waals surface area contributed by atoms with Crippen molar-refractivity contribution in [3.63, 3.8) is 0 Å². The molecule has 0 saturated carbocycles. The molecule has 9 aromatic rings. The fourth-order valence-electron chi connectivity index (χ4n) is 7.81. The summed E-state index contributed by atoms with van der Waals surface area (Å²) in [5, 5.41) is 4.89. The summed E-state index contributed by atoms with van der Waals surface area (Å²) >= 11 is 0. The number of pyridine rings is 1. The molecular formula is C45H34N6. The molecule has 0 fully saturated rings. The first-order valence-corrected chi connectivity index (χ1v) is 17.3. The van der Waals surface area contributed by atoms with Crippen LogP contribution in [0.2, 0.25) is 0 Å². The number of benzene rings is 6. The number of nitrogens with zero attached hydrogens (tertiary/aromatic N) is 6. The van der Waals surface area contributed by atoms with Crippen LogP contribution in [-0.2, 0) is 0 Å². The lowest BCUT2D eigenvalue weighted by atomic mass is 10.0. The molecule has 51 heavy (non-hydrogen) atoms. The molecule has 0 unspecified atom stereocenters. The molecule has 0 atom stereocenters. The van der Waals surface area contributed by atoms with E-state index in [1.165, 1.54) is 32.6 Å². The maximum absolute atomic E-state index is 4.90. The molecule has 1 aliphatic rings. The Kier molecular flexibility index (Phi) is 6.67. The number of rotatable bonds is 6. The summed E-state index contributed by atoms with van der Waals surface area (Å²) in [6, 6.07) is 56.4. The quantitative estimate of drug-likeness (QED) is 0.178. The normalized spacial score (nSPS) is 13.0. The van der Waals surface area contributed by atoms with Crippen molar-refractivity contribution in [1.82, 2.24) is 19.0 Å². The summed E-state index contributed by atoms with van der Waals surface area (Å²) in [5.74, 6) is 0.888. The van der Waals surface area contributed by atoms with E-state index in [4.69, 9.17) is 4.98 Å². The number of hydrogen-bond donors (Lipinski definition) is 0. The van der Waals surface area contributed by atoms with Crippen LogP contribution in [0.15, 0.2) is 176 Å². The monoisotopic (exact) mass is 658 g/mol. The summed E-state index contributed by atoms with van der Waals surface area (Å²) in [4.78, 5) is 11.7. The molecule has 6 heteroatoms. The van der Waals surface area contributed by atoms with E-state index in [0.29, 0.717) is 0 Å². The van der Waals surface area contributed by atoms with Crippen molar-refractivity contribution in [3.05, 3.63) is 176 Å². The molecule has 4 heterocycles. The standard InChI is InChI=1S/C45H34N6/c1-47-27-28-48(31-47)34-17-12-18-35(29-34)49(32-13-4-2-5-14-32)36-22-23-38-42(30-36)51(43-21-10-11-26-46-43)41-25-24-40-44(45(38)41)37-19-8-9-20-39(37)50(40)33-15-6-3-7-16-33/h2-30H,31H2,1H3. The Morgan fingerprint density at radius 1 is 0.490 bits per heavy atom. The van der Waals surface area contributed by atoms with E-state index in [9.17, 15) is 0 Å². The highest BCUT2D eigenvalue weighted by molar-refractivity contribution is 6.29. The lowest BCUT2D eigenvalue weighted by Crippen LogP contribution is -2.21. The van der Waals surface area contributed by atoms with Crippen molar-refractivity contribution in [1.29, 1.82) is 0 Å². The molecule has 0 bridgehead atoms. The highest BCUT2D eigenvalue weighted by Crippen LogP contribution is 2.44. The zero-order chi connectivity index (χ0) is 33.9. The SMILES string of the molecule is CN1C=CN(c2cccc(N(c3ccccc3)c3ccc4c5c6c7ccccc7n(-c7ccccc7)c6ccc5n(-c5ccccn5)c4c3)c2)C1. The summed E-state index contributed by atoms with van der Waals surface area (Å²) < 4.78 is 4.71. The smallest absolute Gasteiger partial charge is 0.137 e. The molecule has 10 rings (SSSR count). The number of fused-ring (bicyclic) bond motifs is 7. The highest BCUT2D eigenvalue weighted by Gasteiger charge is 2.23. The van der Waals surface area contributed by atoms with Crippen LogP contribution in [0.1, 0.15) is 0 Å². The minimum absolute atomic E-state index is 0.820. The average molecular weight is 659 g/mol. The third kappa shape index (κ3) is 4.68. The molecule has 3 aromatic heterocycles. The minimum atomic E-state index is 0.820. The molecule has 0 amide bonds. The molecule has 0 spiro atoms. The van der Waals surface area contributed by atoms with Gasteiger partial charge in [0.1, 0.15) is 5.82 Å². The average Bonchev–Trinajstić information content (AvgIpc) is 3.87. The Hall–Kier alpha value is -6.79. The Morgan fingerprint density at radius 2 is 1.16 bits per heavy atom. The predicted molar refractivity (Wildman–Crippen MR) is 212 cm³/mol. The molecule has 244 valence electrons. The minimum Gasteiger partial charge on any atom is -0.361 e.